The first-order valence-corrected chi connectivity index (χ1v) is 10.6. The van der Waals surface area contributed by atoms with Crippen LogP contribution >= 0.6 is 15.9 Å². The van der Waals surface area contributed by atoms with Gasteiger partial charge in [0.25, 0.3) is 0 Å². The highest BCUT2D eigenvalue weighted by atomic mass is 79.9. The number of imidazole rings is 1. The fraction of sp³-hybridized carbons (Fsp3) is 0.312. The molecule has 0 bridgehead atoms. The minimum absolute atomic E-state index is 0.377. The lowest BCUT2D eigenvalue weighted by molar-refractivity contribution is -0.0467. The van der Waals surface area contributed by atoms with E-state index >= 15 is 0 Å². The molecule has 0 radical (unpaired) electrons. The Labute approximate surface area is 173 Å². The van der Waals surface area contributed by atoms with Gasteiger partial charge >= 0.3 is 10.3 Å². The predicted molar refractivity (Wildman–Crippen MR) is 103 cm³/mol. The average Bonchev–Trinajstić information content (AvgIpc) is 3.22. The van der Waals surface area contributed by atoms with Crippen molar-refractivity contribution in [2.45, 2.75) is 24.5 Å². The first-order valence-electron chi connectivity index (χ1n) is 8.37. The number of hydrogen-bond donors (Lipinski definition) is 3. The third kappa shape index (κ3) is 4.02. The summed E-state index contributed by atoms with van der Waals surface area (Å²) in [6, 6.07) is 7.49. The number of benzene rings is 1. The van der Waals surface area contributed by atoms with E-state index in [1.54, 1.807) is 0 Å². The molecule has 3 aromatic rings. The minimum Gasteiger partial charge on any atom is -0.387 e. The number of nitrogens with zero attached hydrogens (tertiary/aromatic N) is 4. The number of nitrogens with two attached hydrogens (primary N) is 1. The van der Waals surface area contributed by atoms with E-state index in [4.69, 9.17) is 9.88 Å². The first kappa shape index (κ1) is 20.3. The average molecular weight is 486 g/mol. The van der Waals surface area contributed by atoms with Crippen molar-refractivity contribution in [1.29, 1.82) is 0 Å². The summed E-state index contributed by atoms with van der Waals surface area (Å²) in [4.78, 5) is 12.9. The number of aromatic nitrogens is 4. The molecule has 11 nitrogen and oxygen atoms in total. The van der Waals surface area contributed by atoms with Crippen LogP contribution in [0.5, 0.6) is 0 Å². The van der Waals surface area contributed by atoms with Crippen LogP contribution in [0.3, 0.4) is 0 Å². The second kappa shape index (κ2) is 7.68. The van der Waals surface area contributed by atoms with Gasteiger partial charge in [0.05, 0.1) is 12.9 Å². The second-order valence-corrected chi connectivity index (χ2v) is 8.51. The maximum Gasteiger partial charge on any atom is 0.333 e. The Kier molecular flexibility index (Phi) is 5.37. The zero-order valence-electron chi connectivity index (χ0n) is 14.7. The summed E-state index contributed by atoms with van der Waals surface area (Å²) in [7, 11) is -4.21. The van der Waals surface area contributed by atoms with Crippen LogP contribution in [-0.2, 0) is 19.2 Å². The van der Waals surface area contributed by atoms with E-state index in [2.05, 4.69) is 35.1 Å². The van der Waals surface area contributed by atoms with E-state index in [1.807, 2.05) is 24.3 Å². The van der Waals surface area contributed by atoms with Crippen LogP contribution in [0.2, 0.25) is 0 Å². The fourth-order valence-corrected chi connectivity index (χ4v) is 3.70. The number of ether oxygens (including phenoxy) is 1. The highest BCUT2D eigenvalue weighted by molar-refractivity contribution is 9.10. The highest BCUT2D eigenvalue weighted by Gasteiger charge is 2.45. The van der Waals surface area contributed by atoms with Crippen LogP contribution in [0, 0.1) is 0 Å². The standard InChI is InChI=1S/C16H16BrN5O6S/c17-9-3-1-8(2-4-9)11-12-15(20-6-19-11)22(7-21-12)16-14(24)13(23)10(28-16)5-27-29(18,25)26/h1-4,6-7,10,13-14,16,23-24H,5H2,(H2,18,25,26)/t10-,13-,14-,16-/m1/s1. The van der Waals surface area contributed by atoms with Gasteiger partial charge in [0.15, 0.2) is 11.9 Å². The maximum absolute atomic E-state index is 11.0. The summed E-state index contributed by atoms with van der Waals surface area (Å²) in [5, 5.41) is 25.4. The molecule has 1 fully saturated rings. The normalized spacial score (nSPS) is 25.0. The molecule has 154 valence electrons. The Morgan fingerprint density at radius 1 is 1.17 bits per heavy atom. The Balaban J connectivity index is 1.66. The molecule has 1 aromatic carbocycles. The smallest absolute Gasteiger partial charge is 0.333 e. The van der Waals surface area contributed by atoms with E-state index in [0.717, 1.165) is 10.0 Å². The summed E-state index contributed by atoms with van der Waals surface area (Å²) in [6.07, 6.45) is -2.17. The molecule has 1 aliphatic rings. The van der Waals surface area contributed by atoms with Gasteiger partial charge in [0.1, 0.15) is 35.8 Å². The van der Waals surface area contributed by atoms with Gasteiger partial charge in [-0.05, 0) is 12.1 Å². The summed E-state index contributed by atoms with van der Waals surface area (Å²) in [6.45, 7) is -0.542. The predicted octanol–water partition coefficient (Wildman–Crippen LogP) is 0.0951. The van der Waals surface area contributed by atoms with Gasteiger partial charge in [-0.2, -0.15) is 8.42 Å². The number of fused-ring (bicyclic) bond motifs is 1. The van der Waals surface area contributed by atoms with Crippen LogP contribution < -0.4 is 5.14 Å². The van der Waals surface area contributed by atoms with Gasteiger partial charge in [-0.3, -0.25) is 8.75 Å². The summed E-state index contributed by atoms with van der Waals surface area (Å²) < 4.78 is 34.4. The van der Waals surface area contributed by atoms with Crippen molar-refractivity contribution in [3.8, 4) is 11.3 Å². The van der Waals surface area contributed by atoms with E-state index in [9.17, 15) is 18.6 Å². The first-order chi connectivity index (χ1) is 13.7. The van der Waals surface area contributed by atoms with Crippen LogP contribution in [0.1, 0.15) is 6.23 Å². The zero-order chi connectivity index (χ0) is 20.8. The van der Waals surface area contributed by atoms with Crippen molar-refractivity contribution in [3.63, 3.8) is 0 Å². The topological polar surface area (TPSA) is 163 Å². The lowest BCUT2D eigenvalue weighted by atomic mass is 10.1. The molecule has 1 aliphatic heterocycles. The third-order valence-corrected chi connectivity index (χ3v) is 5.48. The van der Waals surface area contributed by atoms with Gasteiger partial charge in [-0.25, -0.2) is 20.1 Å². The Bertz CT molecular complexity index is 1140. The molecular weight excluding hydrogens is 470 g/mol. The third-order valence-electron chi connectivity index (χ3n) is 4.48. The van der Waals surface area contributed by atoms with Gasteiger partial charge in [0, 0.05) is 10.0 Å². The molecule has 13 heteroatoms. The summed E-state index contributed by atoms with van der Waals surface area (Å²) in [5.74, 6) is 0. The molecule has 0 spiro atoms. The van der Waals surface area contributed by atoms with E-state index in [0.29, 0.717) is 16.9 Å². The van der Waals surface area contributed by atoms with Gasteiger partial charge in [0.2, 0.25) is 0 Å². The SMILES string of the molecule is NS(=O)(=O)OC[C@H]1O[C@@H](n2cnc3c(-c4ccc(Br)cc4)ncnc32)[C@H](O)[C@@H]1O. The molecule has 4 N–H and O–H groups in total. The molecule has 0 amide bonds. The van der Waals surface area contributed by atoms with Crippen molar-refractivity contribution < 1.29 is 27.6 Å². The Morgan fingerprint density at radius 2 is 1.90 bits per heavy atom. The number of halogens is 1. The molecule has 3 heterocycles. The van der Waals surface area contributed by atoms with E-state index in [-0.39, 0.29) is 0 Å². The minimum atomic E-state index is -4.21. The number of aliphatic hydroxyl groups is 2. The quantitative estimate of drug-likeness (QED) is 0.454. The molecule has 1 saturated heterocycles. The van der Waals surface area contributed by atoms with Crippen LogP contribution in [0.15, 0.2) is 41.4 Å². The number of rotatable bonds is 5. The van der Waals surface area contributed by atoms with Gasteiger partial charge in [-0.15, -0.1) is 0 Å². The molecule has 0 saturated carbocycles. The number of aliphatic hydroxyl groups excluding tert-OH is 2. The van der Waals surface area contributed by atoms with E-state index < -0.39 is 41.5 Å². The van der Waals surface area contributed by atoms with Crippen molar-refractivity contribution >= 4 is 37.4 Å². The zero-order valence-corrected chi connectivity index (χ0v) is 17.1. The molecule has 4 atom stereocenters. The van der Waals surface area contributed by atoms with Crippen LogP contribution in [0.4, 0.5) is 0 Å². The summed E-state index contributed by atoms with van der Waals surface area (Å²) in [5.41, 5.74) is 2.26. The monoisotopic (exact) mass is 485 g/mol. The molecule has 4 rings (SSSR count). The molecule has 0 unspecified atom stereocenters. The maximum atomic E-state index is 11.0. The van der Waals surface area contributed by atoms with Crippen molar-refractivity contribution in [1.82, 2.24) is 19.5 Å². The van der Waals surface area contributed by atoms with Crippen molar-refractivity contribution in [2.75, 3.05) is 6.61 Å². The largest absolute Gasteiger partial charge is 0.387 e. The molecule has 0 aliphatic carbocycles. The summed E-state index contributed by atoms with van der Waals surface area (Å²) >= 11 is 3.38. The molecule has 2 aromatic heterocycles. The second-order valence-electron chi connectivity index (χ2n) is 6.38. The highest BCUT2D eigenvalue weighted by Crippen LogP contribution is 2.33. The van der Waals surface area contributed by atoms with E-state index in [1.165, 1.54) is 17.2 Å². The van der Waals surface area contributed by atoms with Crippen LogP contribution in [-0.4, -0.2) is 63.1 Å². The van der Waals surface area contributed by atoms with Crippen LogP contribution in [0.25, 0.3) is 22.4 Å². The Morgan fingerprint density at radius 3 is 2.59 bits per heavy atom. The van der Waals surface area contributed by atoms with Gasteiger partial charge in [-0.1, -0.05) is 28.1 Å². The van der Waals surface area contributed by atoms with Gasteiger partial charge < -0.3 is 14.9 Å². The molecule has 29 heavy (non-hydrogen) atoms. The number of hydrogen-bond acceptors (Lipinski definition) is 9. The van der Waals surface area contributed by atoms with Crippen molar-refractivity contribution in [2.24, 2.45) is 5.14 Å². The lowest BCUT2D eigenvalue weighted by Gasteiger charge is -2.16. The molecular formula is C16H16BrN5O6S. The lowest BCUT2D eigenvalue weighted by Crippen LogP contribution is -2.35. The Hall–Kier alpha value is -2.00. The fourth-order valence-electron chi connectivity index (χ4n) is 3.12. The van der Waals surface area contributed by atoms with Crippen molar-refractivity contribution in [3.05, 3.63) is 41.4 Å².